The molecular formula is C11H11F3N2. The normalized spacial score (nSPS) is 11.2. The first-order valence-electron chi connectivity index (χ1n) is 4.99. The van der Waals surface area contributed by atoms with Gasteiger partial charge in [-0.05, 0) is 12.6 Å². The molecule has 0 fully saturated rings. The summed E-state index contributed by atoms with van der Waals surface area (Å²) in [5.41, 5.74) is 0.963. The predicted octanol–water partition coefficient (Wildman–Crippen LogP) is 2.69. The zero-order valence-corrected chi connectivity index (χ0v) is 8.70. The van der Waals surface area contributed by atoms with Gasteiger partial charge in [0.1, 0.15) is 0 Å². The largest absolute Gasteiger partial charge is 0.357 e. The molecule has 1 heterocycles. The molecule has 0 saturated heterocycles. The Morgan fingerprint density at radius 2 is 1.94 bits per heavy atom. The summed E-state index contributed by atoms with van der Waals surface area (Å²) < 4.78 is 39.2. The minimum atomic E-state index is -1.43. The Balaban J connectivity index is 2.49. The molecule has 0 aliphatic carbocycles. The van der Waals surface area contributed by atoms with Gasteiger partial charge in [-0.2, -0.15) is 0 Å². The maximum Gasteiger partial charge on any atom is 0.195 e. The highest BCUT2D eigenvalue weighted by Crippen LogP contribution is 2.23. The van der Waals surface area contributed by atoms with Crippen molar-refractivity contribution in [1.82, 2.24) is 10.3 Å². The van der Waals surface area contributed by atoms with E-state index in [-0.39, 0.29) is 10.9 Å². The first-order valence-corrected chi connectivity index (χ1v) is 4.99. The van der Waals surface area contributed by atoms with Crippen LogP contribution in [-0.4, -0.2) is 11.5 Å². The van der Waals surface area contributed by atoms with Crippen molar-refractivity contribution in [3.8, 4) is 0 Å². The summed E-state index contributed by atoms with van der Waals surface area (Å²) in [6.07, 6.45) is 0. The third kappa shape index (κ3) is 1.78. The van der Waals surface area contributed by atoms with E-state index in [4.69, 9.17) is 0 Å². The van der Waals surface area contributed by atoms with Crippen molar-refractivity contribution in [2.45, 2.75) is 13.5 Å². The highest BCUT2D eigenvalue weighted by atomic mass is 19.2. The molecule has 2 aromatic rings. The molecule has 86 valence electrons. The van der Waals surface area contributed by atoms with Crippen LogP contribution in [0, 0.1) is 17.5 Å². The molecular weight excluding hydrogens is 217 g/mol. The number of halogens is 3. The molecule has 0 unspecified atom stereocenters. The molecule has 2 N–H and O–H groups in total. The maximum absolute atomic E-state index is 13.3. The fraction of sp³-hybridized carbons (Fsp3) is 0.273. The van der Waals surface area contributed by atoms with Crippen LogP contribution in [0.15, 0.2) is 12.1 Å². The summed E-state index contributed by atoms with van der Waals surface area (Å²) in [6, 6.07) is 2.44. The Kier molecular flexibility index (Phi) is 2.87. The molecule has 0 bridgehead atoms. The Hall–Kier alpha value is -1.49. The Bertz CT molecular complexity index is 519. The molecule has 0 amide bonds. The average Bonchev–Trinajstić information content (AvgIpc) is 2.66. The first-order chi connectivity index (χ1) is 7.63. The molecule has 0 aliphatic heterocycles. The number of aromatic nitrogens is 1. The summed E-state index contributed by atoms with van der Waals surface area (Å²) in [6.45, 7) is 3.21. The maximum atomic E-state index is 13.3. The smallest absolute Gasteiger partial charge is 0.195 e. The molecule has 0 aliphatic rings. The highest BCUT2D eigenvalue weighted by molar-refractivity contribution is 5.81. The van der Waals surface area contributed by atoms with E-state index in [9.17, 15) is 13.2 Å². The second-order valence-corrected chi connectivity index (χ2v) is 3.52. The Labute approximate surface area is 90.5 Å². The van der Waals surface area contributed by atoms with E-state index in [0.717, 1.165) is 12.6 Å². The lowest BCUT2D eigenvalue weighted by Gasteiger charge is -1.96. The molecule has 5 heteroatoms. The van der Waals surface area contributed by atoms with Gasteiger partial charge in [0.15, 0.2) is 17.5 Å². The first kappa shape index (κ1) is 11.0. The number of hydrogen-bond acceptors (Lipinski definition) is 1. The van der Waals surface area contributed by atoms with Gasteiger partial charge in [0.05, 0.1) is 5.52 Å². The number of H-pyrrole nitrogens is 1. The van der Waals surface area contributed by atoms with Gasteiger partial charge in [-0.1, -0.05) is 6.92 Å². The Morgan fingerprint density at radius 3 is 2.62 bits per heavy atom. The van der Waals surface area contributed by atoms with Crippen LogP contribution in [0.5, 0.6) is 0 Å². The molecule has 0 spiro atoms. The summed E-state index contributed by atoms with van der Waals surface area (Å²) in [7, 11) is 0. The van der Waals surface area contributed by atoms with Gasteiger partial charge < -0.3 is 10.3 Å². The lowest BCUT2D eigenvalue weighted by atomic mass is 10.2. The standard InChI is InChI=1S/C11H11F3N2/c1-2-15-5-6-3-7-9(16-6)4-8(12)11(14)10(7)13/h3-4,15-16H,2,5H2,1H3. The van der Waals surface area contributed by atoms with E-state index in [0.29, 0.717) is 12.2 Å². The summed E-state index contributed by atoms with van der Waals surface area (Å²) >= 11 is 0. The van der Waals surface area contributed by atoms with Gasteiger partial charge in [0, 0.05) is 23.7 Å². The average molecular weight is 228 g/mol. The van der Waals surface area contributed by atoms with E-state index >= 15 is 0 Å². The number of benzene rings is 1. The molecule has 0 saturated carbocycles. The molecule has 16 heavy (non-hydrogen) atoms. The summed E-state index contributed by atoms with van der Waals surface area (Å²) in [4.78, 5) is 2.83. The van der Waals surface area contributed by atoms with Crippen molar-refractivity contribution in [2.75, 3.05) is 6.54 Å². The van der Waals surface area contributed by atoms with Crippen LogP contribution in [0.3, 0.4) is 0 Å². The molecule has 2 nitrogen and oxygen atoms in total. The predicted molar refractivity (Wildman–Crippen MR) is 55.6 cm³/mol. The summed E-state index contributed by atoms with van der Waals surface area (Å²) in [5.74, 6) is -3.75. The van der Waals surface area contributed by atoms with Crippen molar-refractivity contribution in [3.63, 3.8) is 0 Å². The number of aromatic amines is 1. The van der Waals surface area contributed by atoms with E-state index in [1.807, 2.05) is 6.92 Å². The van der Waals surface area contributed by atoms with Crippen LogP contribution in [0.2, 0.25) is 0 Å². The van der Waals surface area contributed by atoms with Crippen molar-refractivity contribution in [1.29, 1.82) is 0 Å². The lowest BCUT2D eigenvalue weighted by Crippen LogP contribution is -2.11. The zero-order chi connectivity index (χ0) is 11.7. The quantitative estimate of drug-likeness (QED) is 0.777. The van der Waals surface area contributed by atoms with E-state index in [1.54, 1.807) is 0 Å². The molecule has 0 radical (unpaired) electrons. The van der Waals surface area contributed by atoms with Crippen LogP contribution < -0.4 is 5.32 Å². The van der Waals surface area contributed by atoms with E-state index < -0.39 is 17.5 Å². The third-order valence-corrected chi connectivity index (χ3v) is 2.38. The SMILES string of the molecule is CCNCc1cc2c(F)c(F)c(F)cc2[nH]1. The molecule has 1 aromatic heterocycles. The van der Waals surface area contributed by atoms with E-state index in [2.05, 4.69) is 10.3 Å². The minimum Gasteiger partial charge on any atom is -0.357 e. The van der Waals surface area contributed by atoms with E-state index in [1.165, 1.54) is 6.07 Å². The second kappa shape index (κ2) is 4.17. The topological polar surface area (TPSA) is 27.8 Å². The fourth-order valence-electron chi connectivity index (χ4n) is 1.59. The third-order valence-electron chi connectivity index (χ3n) is 2.38. The van der Waals surface area contributed by atoms with Crippen LogP contribution in [0.4, 0.5) is 13.2 Å². The summed E-state index contributed by atoms with van der Waals surface area (Å²) in [5, 5.41) is 3.11. The van der Waals surface area contributed by atoms with Crippen molar-refractivity contribution < 1.29 is 13.2 Å². The van der Waals surface area contributed by atoms with Gasteiger partial charge in [-0.15, -0.1) is 0 Å². The van der Waals surface area contributed by atoms with Crippen LogP contribution in [0.25, 0.3) is 10.9 Å². The fourth-order valence-corrected chi connectivity index (χ4v) is 1.59. The highest BCUT2D eigenvalue weighted by Gasteiger charge is 2.15. The molecule has 0 atom stereocenters. The van der Waals surface area contributed by atoms with Gasteiger partial charge in [-0.3, -0.25) is 0 Å². The molecule has 1 aromatic carbocycles. The molecule has 2 rings (SSSR count). The number of rotatable bonds is 3. The number of nitrogens with one attached hydrogen (secondary N) is 2. The number of hydrogen-bond donors (Lipinski definition) is 2. The van der Waals surface area contributed by atoms with Gasteiger partial charge in [0.2, 0.25) is 0 Å². The van der Waals surface area contributed by atoms with Crippen LogP contribution in [0.1, 0.15) is 12.6 Å². The van der Waals surface area contributed by atoms with Crippen LogP contribution >= 0.6 is 0 Å². The monoisotopic (exact) mass is 228 g/mol. The van der Waals surface area contributed by atoms with Gasteiger partial charge >= 0.3 is 0 Å². The second-order valence-electron chi connectivity index (χ2n) is 3.52. The Morgan fingerprint density at radius 1 is 1.19 bits per heavy atom. The van der Waals surface area contributed by atoms with Gasteiger partial charge in [0.25, 0.3) is 0 Å². The van der Waals surface area contributed by atoms with Crippen molar-refractivity contribution in [3.05, 3.63) is 35.3 Å². The van der Waals surface area contributed by atoms with Crippen LogP contribution in [-0.2, 0) is 6.54 Å². The van der Waals surface area contributed by atoms with Crippen molar-refractivity contribution in [2.24, 2.45) is 0 Å². The lowest BCUT2D eigenvalue weighted by molar-refractivity contribution is 0.453. The van der Waals surface area contributed by atoms with Gasteiger partial charge in [-0.25, -0.2) is 13.2 Å². The number of fused-ring (bicyclic) bond motifs is 1. The van der Waals surface area contributed by atoms with Crippen molar-refractivity contribution >= 4 is 10.9 Å². The zero-order valence-electron chi connectivity index (χ0n) is 8.70. The minimum absolute atomic E-state index is 0.0757.